The first-order valence-electron chi connectivity index (χ1n) is 6.31. The van der Waals surface area contributed by atoms with Crippen LogP contribution in [0.5, 0.6) is 0 Å². The van der Waals surface area contributed by atoms with Gasteiger partial charge in [-0.05, 0) is 18.1 Å². The van der Waals surface area contributed by atoms with Gasteiger partial charge in [0, 0.05) is 31.1 Å². The molecule has 1 aliphatic rings. The zero-order chi connectivity index (χ0) is 12.2. The average molecular weight is 243 g/mol. The first-order chi connectivity index (χ1) is 8.93. The molecule has 1 aliphatic heterocycles. The molecule has 2 aromatic rings. The molecule has 0 aliphatic carbocycles. The van der Waals surface area contributed by atoms with Crippen LogP contribution in [0.2, 0.25) is 0 Å². The Morgan fingerprint density at radius 2 is 2.17 bits per heavy atom. The minimum atomic E-state index is 0.161. The molecule has 2 atom stereocenters. The van der Waals surface area contributed by atoms with Crippen LogP contribution in [0.4, 0.5) is 0 Å². The SMILES string of the molecule is c1ccc(C2OCCC2NCc2ccn[nH]2)cc1. The topological polar surface area (TPSA) is 49.9 Å². The highest BCUT2D eigenvalue weighted by Gasteiger charge is 2.28. The van der Waals surface area contributed by atoms with Gasteiger partial charge in [0.05, 0.1) is 6.10 Å². The van der Waals surface area contributed by atoms with Gasteiger partial charge in [-0.1, -0.05) is 30.3 Å². The van der Waals surface area contributed by atoms with E-state index in [0.29, 0.717) is 6.04 Å². The molecule has 2 N–H and O–H groups in total. The second-order valence-electron chi connectivity index (χ2n) is 4.56. The van der Waals surface area contributed by atoms with Crippen LogP contribution in [0.15, 0.2) is 42.6 Å². The summed E-state index contributed by atoms with van der Waals surface area (Å²) in [6.07, 6.45) is 2.99. The molecule has 1 saturated heterocycles. The van der Waals surface area contributed by atoms with Crippen LogP contribution < -0.4 is 5.32 Å². The van der Waals surface area contributed by atoms with E-state index in [1.54, 1.807) is 6.20 Å². The smallest absolute Gasteiger partial charge is 0.0978 e. The fraction of sp³-hybridized carbons (Fsp3) is 0.357. The first kappa shape index (κ1) is 11.4. The third kappa shape index (κ3) is 2.44. The number of hydrogen-bond acceptors (Lipinski definition) is 3. The van der Waals surface area contributed by atoms with E-state index in [-0.39, 0.29) is 6.10 Å². The third-order valence-corrected chi connectivity index (χ3v) is 3.33. The Kier molecular flexibility index (Phi) is 3.39. The summed E-state index contributed by atoms with van der Waals surface area (Å²) >= 11 is 0. The lowest BCUT2D eigenvalue weighted by molar-refractivity contribution is 0.0984. The minimum absolute atomic E-state index is 0.161. The molecule has 2 unspecified atom stereocenters. The van der Waals surface area contributed by atoms with Crippen molar-refractivity contribution in [2.24, 2.45) is 0 Å². The molecule has 0 bridgehead atoms. The zero-order valence-electron chi connectivity index (χ0n) is 10.2. The maximum atomic E-state index is 5.83. The molecule has 0 spiro atoms. The number of hydrogen-bond donors (Lipinski definition) is 2. The number of aromatic nitrogens is 2. The van der Waals surface area contributed by atoms with Gasteiger partial charge in [0.25, 0.3) is 0 Å². The Morgan fingerprint density at radius 1 is 1.28 bits per heavy atom. The van der Waals surface area contributed by atoms with Gasteiger partial charge in [-0.3, -0.25) is 5.10 Å². The van der Waals surface area contributed by atoms with Crippen LogP contribution in [-0.2, 0) is 11.3 Å². The van der Waals surface area contributed by atoms with Crippen molar-refractivity contribution in [2.45, 2.75) is 25.1 Å². The molecule has 0 amide bonds. The van der Waals surface area contributed by atoms with Crippen LogP contribution in [0.25, 0.3) is 0 Å². The summed E-state index contributed by atoms with van der Waals surface area (Å²) in [6.45, 7) is 1.62. The van der Waals surface area contributed by atoms with E-state index in [0.717, 1.165) is 25.3 Å². The Morgan fingerprint density at radius 3 is 2.94 bits per heavy atom. The molecule has 0 saturated carbocycles. The maximum absolute atomic E-state index is 5.83. The van der Waals surface area contributed by atoms with Gasteiger partial charge in [-0.25, -0.2) is 0 Å². The second kappa shape index (κ2) is 5.33. The summed E-state index contributed by atoms with van der Waals surface area (Å²) in [4.78, 5) is 0. The van der Waals surface area contributed by atoms with Crippen molar-refractivity contribution >= 4 is 0 Å². The van der Waals surface area contributed by atoms with Gasteiger partial charge in [-0.15, -0.1) is 0 Å². The van der Waals surface area contributed by atoms with E-state index in [2.05, 4.69) is 39.8 Å². The second-order valence-corrected chi connectivity index (χ2v) is 4.56. The quantitative estimate of drug-likeness (QED) is 0.864. The van der Waals surface area contributed by atoms with Crippen molar-refractivity contribution in [1.29, 1.82) is 0 Å². The normalized spacial score (nSPS) is 23.3. The van der Waals surface area contributed by atoms with Gasteiger partial charge in [0.2, 0.25) is 0 Å². The molecule has 1 fully saturated rings. The largest absolute Gasteiger partial charge is 0.372 e. The van der Waals surface area contributed by atoms with Crippen molar-refractivity contribution in [3.8, 4) is 0 Å². The standard InChI is InChI=1S/C14H17N3O/c1-2-4-11(5-3-1)14-13(7-9-18-14)15-10-12-6-8-16-17-12/h1-6,8,13-15H,7,9-10H2,(H,16,17). The van der Waals surface area contributed by atoms with E-state index in [1.807, 2.05) is 12.1 Å². The van der Waals surface area contributed by atoms with Gasteiger partial charge in [-0.2, -0.15) is 5.10 Å². The van der Waals surface area contributed by atoms with Crippen LogP contribution in [0.3, 0.4) is 0 Å². The van der Waals surface area contributed by atoms with Crippen molar-refractivity contribution < 1.29 is 4.74 Å². The zero-order valence-corrected chi connectivity index (χ0v) is 10.2. The number of aromatic amines is 1. The predicted molar refractivity (Wildman–Crippen MR) is 69.0 cm³/mol. The van der Waals surface area contributed by atoms with Gasteiger partial charge in [0.15, 0.2) is 0 Å². The highest BCUT2D eigenvalue weighted by molar-refractivity contribution is 5.20. The van der Waals surface area contributed by atoms with E-state index < -0.39 is 0 Å². The molecular formula is C14H17N3O. The van der Waals surface area contributed by atoms with E-state index in [1.165, 1.54) is 5.56 Å². The summed E-state index contributed by atoms with van der Waals surface area (Å²) in [7, 11) is 0. The van der Waals surface area contributed by atoms with E-state index in [9.17, 15) is 0 Å². The number of rotatable bonds is 4. The Bertz CT molecular complexity index is 469. The van der Waals surface area contributed by atoms with Crippen molar-refractivity contribution in [3.63, 3.8) is 0 Å². The fourth-order valence-corrected chi connectivity index (χ4v) is 2.39. The lowest BCUT2D eigenvalue weighted by Gasteiger charge is -2.19. The Hall–Kier alpha value is -1.65. The number of H-pyrrole nitrogens is 1. The molecule has 2 heterocycles. The Balaban J connectivity index is 1.65. The lowest BCUT2D eigenvalue weighted by atomic mass is 10.0. The Labute approximate surface area is 106 Å². The lowest BCUT2D eigenvalue weighted by Crippen LogP contribution is -2.31. The number of benzene rings is 1. The van der Waals surface area contributed by atoms with Crippen molar-refractivity contribution in [1.82, 2.24) is 15.5 Å². The first-order valence-corrected chi connectivity index (χ1v) is 6.31. The van der Waals surface area contributed by atoms with Crippen LogP contribution in [-0.4, -0.2) is 22.8 Å². The maximum Gasteiger partial charge on any atom is 0.0978 e. The van der Waals surface area contributed by atoms with Crippen molar-refractivity contribution in [2.75, 3.05) is 6.61 Å². The molecule has 94 valence electrons. The monoisotopic (exact) mass is 243 g/mol. The van der Waals surface area contributed by atoms with Gasteiger partial charge >= 0.3 is 0 Å². The van der Waals surface area contributed by atoms with Crippen LogP contribution in [0.1, 0.15) is 23.8 Å². The summed E-state index contributed by atoms with van der Waals surface area (Å²) in [6, 6.07) is 12.8. The van der Waals surface area contributed by atoms with E-state index in [4.69, 9.17) is 4.74 Å². The molecule has 18 heavy (non-hydrogen) atoms. The molecule has 1 aromatic heterocycles. The molecule has 3 rings (SSSR count). The third-order valence-electron chi connectivity index (χ3n) is 3.33. The molecule has 1 aromatic carbocycles. The van der Waals surface area contributed by atoms with Crippen molar-refractivity contribution in [3.05, 3.63) is 53.9 Å². The highest BCUT2D eigenvalue weighted by Crippen LogP contribution is 2.28. The van der Waals surface area contributed by atoms with Crippen LogP contribution in [0, 0.1) is 0 Å². The number of ether oxygens (including phenoxy) is 1. The summed E-state index contributed by atoms with van der Waals surface area (Å²) in [5.74, 6) is 0. The molecule has 4 heteroatoms. The molecule has 4 nitrogen and oxygen atoms in total. The minimum Gasteiger partial charge on any atom is -0.372 e. The summed E-state index contributed by atoms with van der Waals surface area (Å²) in [5.41, 5.74) is 2.35. The average Bonchev–Trinajstić information content (AvgIpc) is 3.09. The molecule has 0 radical (unpaired) electrons. The molecular weight excluding hydrogens is 226 g/mol. The summed E-state index contributed by atoms with van der Waals surface area (Å²) < 4.78 is 5.83. The van der Waals surface area contributed by atoms with Gasteiger partial charge in [0.1, 0.15) is 0 Å². The van der Waals surface area contributed by atoms with Gasteiger partial charge < -0.3 is 10.1 Å². The predicted octanol–water partition coefficient (Wildman–Crippen LogP) is 2.03. The summed E-state index contributed by atoms with van der Waals surface area (Å²) in [5, 5.41) is 10.4. The number of nitrogens with one attached hydrogen (secondary N) is 2. The number of nitrogens with zero attached hydrogens (tertiary/aromatic N) is 1. The van der Waals surface area contributed by atoms with Crippen LogP contribution >= 0.6 is 0 Å². The van der Waals surface area contributed by atoms with E-state index >= 15 is 0 Å². The highest BCUT2D eigenvalue weighted by atomic mass is 16.5. The fourth-order valence-electron chi connectivity index (χ4n) is 2.39.